The van der Waals surface area contributed by atoms with E-state index in [1.165, 1.54) is 11.8 Å². The van der Waals surface area contributed by atoms with Crippen molar-refractivity contribution in [3.05, 3.63) is 48.0 Å². The molecule has 7 heteroatoms. The Labute approximate surface area is 158 Å². The zero-order chi connectivity index (χ0) is 19.8. The summed E-state index contributed by atoms with van der Waals surface area (Å²) in [5.41, 5.74) is 1.49. The van der Waals surface area contributed by atoms with Crippen molar-refractivity contribution in [3.8, 4) is 17.2 Å². The van der Waals surface area contributed by atoms with Crippen LogP contribution in [0.25, 0.3) is 0 Å². The number of rotatable bonds is 8. The van der Waals surface area contributed by atoms with Crippen molar-refractivity contribution >= 4 is 17.5 Å². The number of methoxy groups -OCH3 is 3. The molecule has 0 aliphatic rings. The van der Waals surface area contributed by atoms with Crippen molar-refractivity contribution in [3.63, 3.8) is 0 Å². The first-order valence-corrected chi connectivity index (χ1v) is 8.38. The van der Waals surface area contributed by atoms with Gasteiger partial charge in [-0.15, -0.1) is 0 Å². The number of hydrogen-bond acceptors (Lipinski definition) is 5. The maximum atomic E-state index is 12.3. The van der Waals surface area contributed by atoms with E-state index in [4.69, 9.17) is 14.2 Å². The molecule has 2 aromatic carbocycles. The van der Waals surface area contributed by atoms with Crippen molar-refractivity contribution in [2.24, 2.45) is 0 Å². The van der Waals surface area contributed by atoms with Gasteiger partial charge in [0.1, 0.15) is 12.3 Å². The van der Waals surface area contributed by atoms with Crippen LogP contribution >= 0.6 is 0 Å². The first kappa shape index (κ1) is 20.1. The summed E-state index contributed by atoms with van der Waals surface area (Å²) in [6.07, 6.45) is 0. The van der Waals surface area contributed by atoms with Gasteiger partial charge in [0.25, 0.3) is 0 Å². The lowest BCUT2D eigenvalue weighted by Crippen LogP contribution is -2.39. The van der Waals surface area contributed by atoms with Crippen LogP contribution < -0.4 is 24.4 Å². The van der Waals surface area contributed by atoms with Gasteiger partial charge in [-0.2, -0.15) is 0 Å². The van der Waals surface area contributed by atoms with E-state index in [9.17, 15) is 9.59 Å². The molecule has 1 N–H and O–H groups in total. The highest BCUT2D eigenvalue weighted by Gasteiger charge is 2.16. The van der Waals surface area contributed by atoms with E-state index in [-0.39, 0.29) is 18.4 Å². The predicted octanol–water partition coefficient (Wildman–Crippen LogP) is 2.38. The third-order valence-electron chi connectivity index (χ3n) is 4.00. The SMILES string of the molecule is COc1ccc(N(CC(=O)NCc2ccc(OC)c(OC)c2)C(C)=O)cc1. The topological polar surface area (TPSA) is 77.1 Å². The summed E-state index contributed by atoms with van der Waals surface area (Å²) in [5.74, 6) is 1.40. The Balaban J connectivity index is 2.00. The number of benzene rings is 2. The molecule has 0 fully saturated rings. The molecule has 0 saturated carbocycles. The number of hydrogen-bond donors (Lipinski definition) is 1. The summed E-state index contributed by atoms with van der Waals surface area (Å²) in [5, 5.41) is 2.81. The van der Waals surface area contributed by atoms with Crippen molar-refractivity contribution in [1.82, 2.24) is 5.32 Å². The molecular weight excluding hydrogens is 348 g/mol. The zero-order valence-electron chi connectivity index (χ0n) is 15.9. The summed E-state index contributed by atoms with van der Waals surface area (Å²) < 4.78 is 15.6. The molecular formula is C20H24N2O5. The molecule has 0 radical (unpaired) electrons. The van der Waals surface area contributed by atoms with Gasteiger partial charge in [-0.3, -0.25) is 9.59 Å². The van der Waals surface area contributed by atoms with E-state index in [0.29, 0.717) is 29.5 Å². The number of carbonyl (C=O) groups is 2. The van der Waals surface area contributed by atoms with Crippen molar-refractivity contribution in [1.29, 1.82) is 0 Å². The number of carbonyl (C=O) groups excluding carboxylic acids is 2. The van der Waals surface area contributed by atoms with Gasteiger partial charge in [-0.1, -0.05) is 6.07 Å². The highest BCUT2D eigenvalue weighted by molar-refractivity contribution is 5.97. The molecule has 0 aliphatic carbocycles. The molecule has 2 aromatic rings. The van der Waals surface area contributed by atoms with Gasteiger partial charge in [0.15, 0.2) is 11.5 Å². The summed E-state index contributed by atoms with van der Waals surface area (Å²) in [7, 11) is 4.69. The lowest BCUT2D eigenvalue weighted by molar-refractivity contribution is -0.123. The number of anilines is 1. The molecule has 2 rings (SSSR count). The van der Waals surface area contributed by atoms with Gasteiger partial charge in [0, 0.05) is 19.2 Å². The zero-order valence-corrected chi connectivity index (χ0v) is 15.9. The molecule has 0 spiro atoms. The summed E-state index contributed by atoms with van der Waals surface area (Å²) >= 11 is 0. The Bertz CT molecular complexity index is 789. The lowest BCUT2D eigenvalue weighted by Gasteiger charge is -2.21. The van der Waals surface area contributed by atoms with Crippen LogP contribution in [0.4, 0.5) is 5.69 Å². The maximum absolute atomic E-state index is 12.3. The summed E-state index contributed by atoms with van der Waals surface area (Å²) in [6.45, 7) is 1.66. The third kappa shape index (κ3) is 5.37. The minimum absolute atomic E-state index is 0.0745. The predicted molar refractivity (Wildman–Crippen MR) is 102 cm³/mol. The second-order valence-corrected chi connectivity index (χ2v) is 5.77. The monoisotopic (exact) mass is 372 g/mol. The molecule has 0 heterocycles. The molecule has 0 aromatic heterocycles. The van der Waals surface area contributed by atoms with E-state index in [1.807, 2.05) is 6.07 Å². The lowest BCUT2D eigenvalue weighted by atomic mass is 10.2. The van der Waals surface area contributed by atoms with E-state index in [1.54, 1.807) is 57.7 Å². The number of ether oxygens (including phenoxy) is 3. The smallest absolute Gasteiger partial charge is 0.240 e. The quantitative estimate of drug-likeness (QED) is 0.770. The Morgan fingerprint density at radius 3 is 2.15 bits per heavy atom. The van der Waals surface area contributed by atoms with Gasteiger partial charge in [-0.25, -0.2) is 0 Å². The first-order valence-electron chi connectivity index (χ1n) is 8.38. The molecule has 144 valence electrons. The Kier molecular flexibility index (Phi) is 7.05. The van der Waals surface area contributed by atoms with Crippen LogP contribution in [0.15, 0.2) is 42.5 Å². The standard InChI is InChI=1S/C20H24N2O5/c1-14(23)22(16-6-8-17(25-2)9-7-16)13-20(24)21-12-15-5-10-18(26-3)19(11-15)27-4/h5-11H,12-13H2,1-4H3,(H,21,24). The number of amides is 2. The third-order valence-corrected chi connectivity index (χ3v) is 4.00. The van der Waals surface area contributed by atoms with Gasteiger partial charge >= 0.3 is 0 Å². The molecule has 0 aliphatic heterocycles. The average Bonchev–Trinajstić information content (AvgIpc) is 2.70. The van der Waals surface area contributed by atoms with E-state index in [0.717, 1.165) is 5.56 Å². The van der Waals surface area contributed by atoms with Gasteiger partial charge in [-0.05, 0) is 42.0 Å². The van der Waals surface area contributed by atoms with Crippen LogP contribution in [-0.4, -0.2) is 39.7 Å². The van der Waals surface area contributed by atoms with Crippen LogP contribution in [0.5, 0.6) is 17.2 Å². The Hall–Kier alpha value is -3.22. The summed E-state index contributed by atoms with van der Waals surface area (Å²) in [6, 6.07) is 12.4. The molecule has 27 heavy (non-hydrogen) atoms. The highest BCUT2D eigenvalue weighted by Crippen LogP contribution is 2.27. The van der Waals surface area contributed by atoms with Gasteiger partial charge < -0.3 is 24.4 Å². The maximum Gasteiger partial charge on any atom is 0.240 e. The molecule has 2 amide bonds. The normalized spacial score (nSPS) is 10.1. The summed E-state index contributed by atoms with van der Waals surface area (Å²) in [4.78, 5) is 25.7. The molecule has 0 atom stereocenters. The fourth-order valence-electron chi connectivity index (χ4n) is 2.54. The molecule has 0 saturated heterocycles. The largest absolute Gasteiger partial charge is 0.497 e. The van der Waals surface area contributed by atoms with E-state index in [2.05, 4.69) is 5.32 Å². The van der Waals surface area contributed by atoms with E-state index >= 15 is 0 Å². The number of nitrogens with zero attached hydrogens (tertiary/aromatic N) is 1. The van der Waals surface area contributed by atoms with Crippen LogP contribution in [0.3, 0.4) is 0 Å². The van der Waals surface area contributed by atoms with Crippen LogP contribution in [0.2, 0.25) is 0 Å². The average molecular weight is 372 g/mol. The minimum Gasteiger partial charge on any atom is -0.497 e. The second kappa shape index (κ2) is 9.47. The molecule has 7 nitrogen and oxygen atoms in total. The van der Waals surface area contributed by atoms with Gasteiger partial charge in [0.05, 0.1) is 21.3 Å². The second-order valence-electron chi connectivity index (χ2n) is 5.77. The van der Waals surface area contributed by atoms with Crippen molar-refractivity contribution in [2.75, 3.05) is 32.8 Å². The Morgan fingerprint density at radius 2 is 1.59 bits per heavy atom. The minimum atomic E-state index is -0.268. The van der Waals surface area contributed by atoms with Crippen molar-refractivity contribution in [2.45, 2.75) is 13.5 Å². The highest BCUT2D eigenvalue weighted by atomic mass is 16.5. The Morgan fingerprint density at radius 1 is 0.926 bits per heavy atom. The van der Waals surface area contributed by atoms with Crippen LogP contribution in [0.1, 0.15) is 12.5 Å². The van der Waals surface area contributed by atoms with Crippen LogP contribution in [-0.2, 0) is 16.1 Å². The van der Waals surface area contributed by atoms with Gasteiger partial charge in [0.2, 0.25) is 11.8 Å². The van der Waals surface area contributed by atoms with E-state index < -0.39 is 0 Å². The first-order chi connectivity index (χ1) is 13.0. The fraction of sp³-hybridized carbons (Fsp3) is 0.300. The van der Waals surface area contributed by atoms with Crippen LogP contribution in [0, 0.1) is 0 Å². The number of nitrogens with one attached hydrogen (secondary N) is 1. The molecule has 0 bridgehead atoms. The van der Waals surface area contributed by atoms with Crippen molar-refractivity contribution < 1.29 is 23.8 Å². The fourth-order valence-corrected chi connectivity index (χ4v) is 2.54. The molecule has 0 unspecified atom stereocenters.